The number of hydrogen-bond acceptors (Lipinski definition) is 6. The van der Waals surface area contributed by atoms with Crippen molar-refractivity contribution in [3.8, 4) is 11.4 Å². The Morgan fingerprint density at radius 1 is 1.00 bits per heavy atom. The van der Waals surface area contributed by atoms with Crippen molar-refractivity contribution >= 4 is 17.5 Å². The van der Waals surface area contributed by atoms with Crippen LogP contribution in [0, 0.1) is 12.8 Å². The van der Waals surface area contributed by atoms with Crippen molar-refractivity contribution in [1.82, 2.24) is 15.1 Å². The van der Waals surface area contributed by atoms with Crippen LogP contribution in [0.4, 0.5) is 17.5 Å². The number of benzene rings is 1. The molecule has 0 bridgehead atoms. The van der Waals surface area contributed by atoms with Crippen LogP contribution in [-0.4, -0.2) is 21.7 Å². The molecule has 0 spiro atoms. The Kier molecular flexibility index (Phi) is 4.74. The first kappa shape index (κ1) is 16.0. The predicted octanol–water partition coefficient (Wildman–Crippen LogP) is 4.25. The van der Waals surface area contributed by atoms with Crippen LogP contribution in [0.1, 0.15) is 19.6 Å². The van der Waals surface area contributed by atoms with E-state index in [1.807, 2.05) is 49.4 Å². The largest absolute Gasteiger partial charge is 0.370 e. The number of hydrogen-bond donors (Lipinski definition) is 2. The maximum Gasteiger partial charge on any atom is 0.175 e. The standard InChI is InChI=1S/C18H21N5O/c1-12(2)11-19-15-10-16(20-17-9-13(3)24-23-17)22-18(21-15)14-7-5-4-6-8-14/h4-10,12H,11H2,1-3H3,(H2,19,20,21,22,23). The molecule has 24 heavy (non-hydrogen) atoms. The molecule has 2 heterocycles. The van der Waals surface area contributed by atoms with Gasteiger partial charge in [0.2, 0.25) is 0 Å². The zero-order chi connectivity index (χ0) is 16.9. The summed E-state index contributed by atoms with van der Waals surface area (Å²) < 4.78 is 5.09. The third-order valence-electron chi connectivity index (χ3n) is 3.33. The lowest BCUT2D eigenvalue weighted by atomic mass is 10.2. The normalized spacial score (nSPS) is 10.8. The molecule has 0 unspecified atom stereocenters. The molecule has 0 saturated heterocycles. The fraction of sp³-hybridized carbons (Fsp3) is 0.278. The molecule has 6 nitrogen and oxygen atoms in total. The van der Waals surface area contributed by atoms with Crippen LogP contribution in [0.15, 0.2) is 47.0 Å². The lowest BCUT2D eigenvalue weighted by Gasteiger charge is -2.12. The monoisotopic (exact) mass is 323 g/mol. The minimum absolute atomic E-state index is 0.523. The SMILES string of the molecule is Cc1cc(Nc2cc(NCC(C)C)nc(-c3ccccc3)n2)no1. The zero-order valence-electron chi connectivity index (χ0n) is 14.1. The third kappa shape index (κ3) is 4.10. The van der Waals surface area contributed by atoms with Crippen LogP contribution < -0.4 is 10.6 Å². The molecule has 2 N–H and O–H groups in total. The smallest absolute Gasteiger partial charge is 0.175 e. The van der Waals surface area contributed by atoms with E-state index in [2.05, 4.69) is 39.6 Å². The minimum atomic E-state index is 0.523. The second kappa shape index (κ2) is 7.12. The van der Waals surface area contributed by atoms with Crippen molar-refractivity contribution in [3.05, 3.63) is 48.2 Å². The molecule has 3 rings (SSSR count). The molecular weight excluding hydrogens is 302 g/mol. The topological polar surface area (TPSA) is 75.9 Å². The molecule has 0 saturated carbocycles. The van der Waals surface area contributed by atoms with Gasteiger partial charge in [-0.1, -0.05) is 49.3 Å². The van der Waals surface area contributed by atoms with Crippen LogP contribution >= 0.6 is 0 Å². The lowest BCUT2D eigenvalue weighted by Crippen LogP contribution is -2.10. The molecular formula is C18H21N5O. The minimum Gasteiger partial charge on any atom is -0.370 e. The lowest BCUT2D eigenvalue weighted by molar-refractivity contribution is 0.400. The first-order valence-electron chi connectivity index (χ1n) is 7.99. The molecule has 3 aromatic rings. The van der Waals surface area contributed by atoms with E-state index in [9.17, 15) is 0 Å². The van der Waals surface area contributed by atoms with Crippen LogP contribution in [-0.2, 0) is 0 Å². The van der Waals surface area contributed by atoms with Gasteiger partial charge < -0.3 is 15.2 Å². The number of anilines is 3. The number of aryl methyl sites for hydroxylation is 1. The summed E-state index contributed by atoms with van der Waals surface area (Å²) >= 11 is 0. The van der Waals surface area contributed by atoms with Gasteiger partial charge >= 0.3 is 0 Å². The Labute approximate surface area is 141 Å². The van der Waals surface area contributed by atoms with Crippen LogP contribution in [0.25, 0.3) is 11.4 Å². The molecule has 2 aromatic heterocycles. The van der Waals surface area contributed by atoms with E-state index < -0.39 is 0 Å². The molecule has 6 heteroatoms. The second-order valence-electron chi connectivity index (χ2n) is 6.05. The van der Waals surface area contributed by atoms with E-state index in [1.165, 1.54) is 0 Å². The highest BCUT2D eigenvalue weighted by molar-refractivity contribution is 5.63. The second-order valence-corrected chi connectivity index (χ2v) is 6.05. The summed E-state index contributed by atoms with van der Waals surface area (Å²) in [6, 6.07) is 13.6. The van der Waals surface area contributed by atoms with Gasteiger partial charge in [0.25, 0.3) is 0 Å². The fourth-order valence-electron chi connectivity index (χ4n) is 2.18. The van der Waals surface area contributed by atoms with Gasteiger partial charge in [-0.3, -0.25) is 0 Å². The molecule has 0 fully saturated rings. The highest BCUT2D eigenvalue weighted by Crippen LogP contribution is 2.22. The molecule has 0 atom stereocenters. The van der Waals surface area contributed by atoms with Gasteiger partial charge in [0.05, 0.1) is 0 Å². The van der Waals surface area contributed by atoms with Crippen molar-refractivity contribution in [2.24, 2.45) is 5.92 Å². The van der Waals surface area contributed by atoms with E-state index in [0.717, 1.165) is 23.7 Å². The number of nitrogens with one attached hydrogen (secondary N) is 2. The number of rotatable bonds is 6. The van der Waals surface area contributed by atoms with Crippen molar-refractivity contribution in [2.75, 3.05) is 17.2 Å². The van der Waals surface area contributed by atoms with Gasteiger partial charge in [0, 0.05) is 24.2 Å². The number of aromatic nitrogens is 3. The Hall–Kier alpha value is -2.89. The van der Waals surface area contributed by atoms with Gasteiger partial charge in [-0.15, -0.1) is 0 Å². The number of nitrogens with zero attached hydrogens (tertiary/aromatic N) is 3. The van der Waals surface area contributed by atoms with Gasteiger partial charge in [-0.25, -0.2) is 9.97 Å². The zero-order valence-corrected chi connectivity index (χ0v) is 14.1. The molecule has 0 radical (unpaired) electrons. The van der Waals surface area contributed by atoms with E-state index in [-0.39, 0.29) is 0 Å². The predicted molar refractivity (Wildman–Crippen MR) is 95.3 cm³/mol. The van der Waals surface area contributed by atoms with E-state index >= 15 is 0 Å². The maximum absolute atomic E-state index is 5.09. The summed E-state index contributed by atoms with van der Waals surface area (Å²) in [6.45, 7) is 7.00. The average molecular weight is 323 g/mol. The quantitative estimate of drug-likeness (QED) is 0.706. The summed E-state index contributed by atoms with van der Waals surface area (Å²) in [4.78, 5) is 9.21. The summed E-state index contributed by atoms with van der Waals surface area (Å²) in [5, 5.41) is 10.5. The van der Waals surface area contributed by atoms with Gasteiger partial charge in [0.1, 0.15) is 17.4 Å². The van der Waals surface area contributed by atoms with E-state index in [1.54, 1.807) is 0 Å². The van der Waals surface area contributed by atoms with Crippen LogP contribution in [0.5, 0.6) is 0 Å². The third-order valence-corrected chi connectivity index (χ3v) is 3.33. The van der Waals surface area contributed by atoms with Gasteiger partial charge in [0.15, 0.2) is 11.6 Å². The average Bonchev–Trinajstić information content (AvgIpc) is 2.98. The van der Waals surface area contributed by atoms with Gasteiger partial charge in [-0.2, -0.15) is 0 Å². The molecule has 0 amide bonds. The summed E-state index contributed by atoms with van der Waals surface area (Å²) in [7, 11) is 0. The van der Waals surface area contributed by atoms with Gasteiger partial charge in [-0.05, 0) is 12.8 Å². The van der Waals surface area contributed by atoms with E-state index in [0.29, 0.717) is 23.4 Å². The molecule has 124 valence electrons. The Morgan fingerprint density at radius 2 is 1.75 bits per heavy atom. The Bertz CT molecular complexity index is 798. The molecule has 0 aliphatic heterocycles. The maximum atomic E-state index is 5.09. The summed E-state index contributed by atoms with van der Waals surface area (Å²) in [6.07, 6.45) is 0. The van der Waals surface area contributed by atoms with E-state index in [4.69, 9.17) is 4.52 Å². The first-order valence-corrected chi connectivity index (χ1v) is 7.99. The van der Waals surface area contributed by atoms with Crippen molar-refractivity contribution in [2.45, 2.75) is 20.8 Å². The molecule has 0 aliphatic rings. The Balaban J connectivity index is 1.92. The van der Waals surface area contributed by atoms with Crippen molar-refractivity contribution in [1.29, 1.82) is 0 Å². The summed E-state index contributed by atoms with van der Waals surface area (Å²) in [5.74, 6) is 4.00. The van der Waals surface area contributed by atoms with Crippen LogP contribution in [0.3, 0.4) is 0 Å². The Morgan fingerprint density at radius 3 is 2.42 bits per heavy atom. The van der Waals surface area contributed by atoms with Crippen LogP contribution in [0.2, 0.25) is 0 Å². The summed E-state index contributed by atoms with van der Waals surface area (Å²) in [5.41, 5.74) is 0.963. The molecule has 0 aliphatic carbocycles. The molecule has 1 aromatic carbocycles. The van der Waals surface area contributed by atoms with Crippen molar-refractivity contribution < 1.29 is 4.52 Å². The fourth-order valence-corrected chi connectivity index (χ4v) is 2.18. The van der Waals surface area contributed by atoms with Crippen molar-refractivity contribution in [3.63, 3.8) is 0 Å². The highest BCUT2D eigenvalue weighted by Gasteiger charge is 2.09. The highest BCUT2D eigenvalue weighted by atomic mass is 16.5. The first-order chi connectivity index (χ1) is 11.6.